The van der Waals surface area contributed by atoms with Gasteiger partial charge < -0.3 is 11.1 Å². The van der Waals surface area contributed by atoms with Crippen LogP contribution in [0.25, 0.3) is 0 Å². The minimum atomic E-state index is -0.733. The minimum Gasteiger partial charge on any atom is -0.320 e. The van der Waals surface area contributed by atoms with Gasteiger partial charge in [0.2, 0.25) is 5.91 Å². The molecule has 0 aliphatic carbocycles. The zero-order valence-corrected chi connectivity index (χ0v) is 10.8. The van der Waals surface area contributed by atoms with E-state index in [9.17, 15) is 14.9 Å². The quantitative estimate of drug-likeness (QED) is 0.647. The SMILES string of the molecule is CC(C)C(N)C(=O)Nc1cc(Cl)ccc1[N+](=O)[O-]. The first-order valence-electron chi connectivity index (χ1n) is 5.33. The number of hydrogen-bond acceptors (Lipinski definition) is 4. The lowest BCUT2D eigenvalue weighted by atomic mass is 10.0. The highest BCUT2D eigenvalue weighted by molar-refractivity contribution is 6.31. The molecule has 0 aromatic heterocycles. The summed E-state index contributed by atoms with van der Waals surface area (Å²) in [4.78, 5) is 21.9. The van der Waals surface area contributed by atoms with Crippen molar-refractivity contribution in [1.29, 1.82) is 0 Å². The van der Waals surface area contributed by atoms with Gasteiger partial charge in [0.05, 0.1) is 11.0 Å². The van der Waals surface area contributed by atoms with E-state index in [4.69, 9.17) is 17.3 Å². The second-order valence-corrected chi connectivity index (χ2v) is 4.61. The molecule has 0 radical (unpaired) electrons. The van der Waals surface area contributed by atoms with Crippen LogP contribution >= 0.6 is 11.6 Å². The predicted molar refractivity (Wildman–Crippen MR) is 69.5 cm³/mol. The third kappa shape index (κ3) is 3.41. The number of carbonyl (C=O) groups is 1. The van der Waals surface area contributed by atoms with Gasteiger partial charge in [0.25, 0.3) is 5.69 Å². The van der Waals surface area contributed by atoms with Gasteiger partial charge in [0.15, 0.2) is 0 Å². The molecule has 18 heavy (non-hydrogen) atoms. The third-order valence-electron chi connectivity index (χ3n) is 2.43. The number of rotatable bonds is 4. The van der Waals surface area contributed by atoms with E-state index in [0.717, 1.165) is 0 Å². The molecule has 0 saturated carbocycles. The first-order valence-corrected chi connectivity index (χ1v) is 5.71. The lowest BCUT2D eigenvalue weighted by Crippen LogP contribution is -2.39. The summed E-state index contributed by atoms with van der Waals surface area (Å²) in [6.45, 7) is 3.58. The van der Waals surface area contributed by atoms with Crippen LogP contribution in [0.5, 0.6) is 0 Å². The number of benzene rings is 1. The van der Waals surface area contributed by atoms with E-state index in [-0.39, 0.29) is 17.3 Å². The normalized spacial score (nSPS) is 12.3. The van der Waals surface area contributed by atoms with Crippen LogP contribution in [0.1, 0.15) is 13.8 Å². The Morgan fingerprint density at radius 3 is 2.61 bits per heavy atom. The van der Waals surface area contributed by atoms with Crippen molar-refractivity contribution >= 4 is 28.9 Å². The molecule has 0 spiro atoms. The number of amides is 1. The Morgan fingerprint density at radius 2 is 2.11 bits per heavy atom. The fraction of sp³-hybridized carbons (Fsp3) is 0.364. The van der Waals surface area contributed by atoms with Crippen molar-refractivity contribution in [2.45, 2.75) is 19.9 Å². The highest BCUT2D eigenvalue weighted by Crippen LogP contribution is 2.27. The van der Waals surface area contributed by atoms with Crippen molar-refractivity contribution in [3.8, 4) is 0 Å². The summed E-state index contributed by atoms with van der Waals surface area (Å²) in [6, 6.07) is 3.21. The molecule has 3 N–H and O–H groups in total. The van der Waals surface area contributed by atoms with Crippen LogP contribution in [-0.2, 0) is 4.79 Å². The average Bonchev–Trinajstić information content (AvgIpc) is 2.27. The molecule has 0 saturated heterocycles. The zero-order valence-electron chi connectivity index (χ0n) is 10.0. The maximum absolute atomic E-state index is 11.7. The number of halogens is 1. The van der Waals surface area contributed by atoms with Crippen molar-refractivity contribution in [3.63, 3.8) is 0 Å². The molecule has 0 aliphatic heterocycles. The fourth-order valence-corrected chi connectivity index (χ4v) is 1.46. The second kappa shape index (κ2) is 5.79. The maximum Gasteiger partial charge on any atom is 0.292 e. The number of anilines is 1. The van der Waals surface area contributed by atoms with Gasteiger partial charge in [0, 0.05) is 11.1 Å². The molecule has 1 amide bonds. The first kappa shape index (κ1) is 14.4. The standard InChI is InChI=1S/C11H14ClN3O3/c1-6(2)10(13)11(16)14-8-5-7(12)3-4-9(8)15(17)18/h3-6,10H,13H2,1-2H3,(H,14,16). The van der Waals surface area contributed by atoms with Crippen molar-refractivity contribution in [3.05, 3.63) is 33.3 Å². The number of carbonyl (C=O) groups excluding carboxylic acids is 1. The molecule has 1 unspecified atom stereocenters. The van der Waals surface area contributed by atoms with Crippen molar-refractivity contribution in [1.82, 2.24) is 0 Å². The molecule has 1 atom stereocenters. The van der Waals surface area contributed by atoms with Crippen LogP contribution in [0.4, 0.5) is 11.4 Å². The highest BCUT2D eigenvalue weighted by Gasteiger charge is 2.21. The van der Waals surface area contributed by atoms with E-state index < -0.39 is 16.9 Å². The van der Waals surface area contributed by atoms with Crippen molar-refractivity contribution < 1.29 is 9.72 Å². The van der Waals surface area contributed by atoms with Crippen LogP contribution in [0, 0.1) is 16.0 Å². The average molecular weight is 272 g/mol. The van der Waals surface area contributed by atoms with Gasteiger partial charge in [-0.3, -0.25) is 14.9 Å². The van der Waals surface area contributed by atoms with Crippen LogP contribution in [0.3, 0.4) is 0 Å². The van der Waals surface area contributed by atoms with Crippen molar-refractivity contribution in [2.75, 3.05) is 5.32 Å². The van der Waals surface area contributed by atoms with Crippen LogP contribution in [0.15, 0.2) is 18.2 Å². The number of nitrogens with zero attached hydrogens (tertiary/aromatic N) is 1. The van der Waals surface area contributed by atoms with Gasteiger partial charge in [0.1, 0.15) is 5.69 Å². The van der Waals surface area contributed by atoms with E-state index in [1.54, 1.807) is 13.8 Å². The molecule has 98 valence electrons. The third-order valence-corrected chi connectivity index (χ3v) is 2.67. The minimum absolute atomic E-state index is 0.0496. The van der Waals surface area contributed by atoms with E-state index in [1.807, 2.05) is 0 Å². The summed E-state index contributed by atoms with van der Waals surface area (Å²) in [7, 11) is 0. The number of hydrogen-bond donors (Lipinski definition) is 2. The summed E-state index contributed by atoms with van der Waals surface area (Å²) in [5, 5.41) is 13.5. The summed E-state index contributed by atoms with van der Waals surface area (Å²) in [5.74, 6) is -0.543. The summed E-state index contributed by atoms with van der Waals surface area (Å²) < 4.78 is 0. The highest BCUT2D eigenvalue weighted by atomic mass is 35.5. The van der Waals surface area contributed by atoms with Gasteiger partial charge in [-0.25, -0.2) is 0 Å². The van der Waals surface area contributed by atoms with Crippen LogP contribution in [-0.4, -0.2) is 16.9 Å². The summed E-state index contributed by atoms with van der Waals surface area (Å²) in [5.41, 5.74) is 5.49. The Bertz CT molecular complexity index is 477. The number of nitrogens with one attached hydrogen (secondary N) is 1. The van der Waals surface area contributed by atoms with Gasteiger partial charge in [-0.1, -0.05) is 25.4 Å². The lowest BCUT2D eigenvalue weighted by Gasteiger charge is -2.15. The van der Waals surface area contributed by atoms with Gasteiger partial charge >= 0.3 is 0 Å². The first-order chi connectivity index (χ1) is 8.32. The molecule has 6 nitrogen and oxygen atoms in total. The van der Waals surface area contributed by atoms with Gasteiger partial charge in [-0.05, 0) is 18.1 Å². The Hall–Kier alpha value is -1.66. The largest absolute Gasteiger partial charge is 0.320 e. The molecule has 0 bridgehead atoms. The maximum atomic E-state index is 11.7. The Kier molecular flexibility index (Phi) is 4.63. The summed E-state index contributed by atoms with van der Waals surface area (Å²) in [6.07, 6.45) is 0. The molecule has 1 rings (SSSR count). The zero-order chi connectivity index (χ0) is 13.9. The Labute approximate surface area is 109 Å². The molecule has 1 aromatic carbocycles. The van der Waals surface area contributed by atoms with E-state index in [1.165, 1.54) is 18.2 Å². The molecule has 0 heterocycles. The molecule has 7 heteroatoms. The van der Waals surface area contributed by atoms with Crippen LogP contribution < -0.4 is 11.1 Å². The molecule has 1 aromatic rings. The fourth-order valence-electron chi connectivity index (χ4n) is 1.29. The van der Waals surface area contributed by atoms with E-state index in [0.29, 0.717) is 5.02 Å². The monoisotopic (exact) mass is 271 g/mol. The number of nitro groups is 1. The predicted octanol–water partition coefficient (Wildman–Crippen LogP) is 2.17. The smallest absolute Gasteiger partial charge is 0.292 e. The Morgan fingerprint density at radius 1 is 1.50 bits per heavy atom. The van der Waals surface area contributed by atoms with Gasteiger partial charge in [-0.15, -0.1) is 0 Å². The van der Waals surface area contributed by atoms with Gasteiger partial charge in [-0.2, -0.15) is 0 Å². The lowest BCUT2D eigenvalue weighted by molar-refractivity contribution is -0.383. The van der Waals surface area contributed by atoms with Crippen LogP contribution in [0.2, 0.25) is 5.02 Å². The number of nitrogens with two attached hydrogens (primary N) is 1. The molecule has 0 fully saturated rings. The van der Waals surface area contributed by atoms with E-state index in [2.05, 4.69) is 5.32 Å². The topological polar surface area (TPSA) is 98.3 Å². The van der Waals surface area contributed by atoms with Crippen molar-refractivity contribution in [2.24, 2.45) is 11.7 Å². The number of nitro benzene ring substituents is 1. The summed E-state index contributed by atoms with van der Waals surface area (Å²) >= 11 is 5.74. The Balaban J connectivity index is 2.99. The van der Waals surface area contributed by atoms with E-state index >= 15 is 0 Å². The molecular weight excluding hydrogens is 258 g/mol. The molecular formula is C11H14ClN3O3. The molecule has 0 aliphatic rings. The second-order valence-electron chi connectivity index (χ2n) is 4.18.